The normalized spacial score (nSPS) is 21.7. The van der Waals surface area contributed by atoms with E-state index in [1.165, 1.54) is 11.3 Å². The number of methoxy groups -OCH3 is 1. The molecule has 0 radical (unpaired) electrons. The van der Waals surface area contributed by atoms with Crippen LogP contribution < -0.4 is 4.90 Å². The van der Waals surface area contributed by atoms with Crippen LogP contribution in [-0.4, -0.2) is 63.0 Å². The Labute approximate surface area is 181 Å². The Bertz CT molecular complexity index is 720. The monoisotopic (exact) mass is 416 g/mol. The fourth-order valence-corrected chi connectivity index (χ4v) is 4.59. The van der Waals surface area contributed by atoms with Gasteiger partial charge in [0.1, 0.15) is 0 Å². The Morgan fingerprint density at radius 1 is 1.00 bits per heavy atom. The van der Waals surface area contributed by atoms with Crippen molar-refractivity contribution < 1.29 is 9.47 Å². The van der Waals surface area contributed by atoms with Crippen molar-refractivity contribution in [1.29, 1.82) is 0 Å². The lowest BCUT2D eigenvalue weighted by Gasteiger charge is -2.50. The summed E-state index contributed by atoms with van der Waals surface area (Å²) in [6, 6.07) is 21.5. The molecule has 0 saturated carbocycles. The molecule has 0 aliphatic carbocycles. The van der Waals surface area contributed by atoms with Gasteiger partial charge < -0.3 is 19.3 Å². The summed E-state index contributed by atoms with van der Waals surface area (Å²) >= 11 is 0. The van der Waals surface area contributed by atoms with Crippen LogP contribution in [0.2, 0.25) is 0 Å². The van der Waals surface area contributed by atoms with Crippen molar-refractivity contribution in [2.75, 3.05) is 51.3 Å². The summed E-state index contributed by atoms with van der Waals surface area (Å²) in [5.74, 6) is 0. The smallest absolute Gasteiger partial charge is 0.0991 e. The average Bonchev–Trinajstić information content (AvgIpc) is 2.75. The van der Waals surface area contributed by atoms with Gasteiger partial charge in [-0.05, 0) is 37.0 Å². The molecule has 2 aromatic rings. The van der Waals surface area contributed by atoms with Gasteiger partial charge in [0, 0.05) is 45.5 Å². The number of para-hydroxylation sites is 1. The van der Waals surface area contributed by atoms with Crippen LogP contribution in [0.1, 0.15) is 18.4 Å². The van der Waals surface area contributed by atoms with E-state index < -0.39 is 0 Å². The molecule has 2 fully saturated rings. The molecule has 2 aromatic carbocycles. The Morgan fingerprint density at radius 2 is 1.66 bits per heavy atom. The van der Waals surface area contributed by atoms with Crippen LogP contribution in [0.3, 0.4) is 0 Å². The molecule has 2 saturated heterocycles. The number of hydrogen-bond donors (Lipinski definition) is 0. The molecule has 2 aliphatic rings. The first-order valence-corrected chi connectivity index (χ1v) is 10.5. The van der Waals surface area contributed by atoms with E-state index in [9.17, 15) is 0 Å². The number of halogens is 1. The summed E-state index contributed by atoms with van der Waals surface area (Å²) in [7, 11) is 1.77. The first-order chi connectivity index (χ1) is 13.8. The fraction of sp³-hybridized carbons (Fsp3) is 0.500. The molecule has 5 heteroatoms. The van der Waals surface area contributed by atoms with E-state index in [1.807, 2.05) is 0 Å². The Balaban J connectivity index is 0.00000240. The molecule has 1 unspecified atom stereocenters. The van der Waals surface area contributed by atoms with E-state index in [1.54, 1.807) is 7.11 Å². The maximum Gasteiger partial charge on any atom is 0.0991 e. The van der Waals surface area contributed by atoms with Crippen LogP contribution in [0.15, 0.2) is 60.7 Å². The molecule has 4 rings (SSSR count). The molecule has 1 spiro atoms. The molecular weight excluding hydrogens is 384 g/mol. The molecule has 29 heavy (non-hydrogen) atoms. The quantitative estimate of drug-likeness (QED) is 0.709. The summed E-state index contributed by atoms with van der Waals surface area (Å²) in [5, 5.41) is 0. The van der Waals surface area contributed by atoms with Crippen molar-refractivity contribution in [3.8, 4) is 0 Å². The zero-order valence-corrected chi connectivity index (χ0v) is 18.2. The molecule has 0 aromatic heterocycles. The SMILES string of the molecule is COCC1CN(c2ccccc2)CC2(CCN(CCc3ccccc3)CC2)O1.Cl. The van der Waals surface area contributed by atoms with Crippen LogP contribution in [0.5, 0.6) is 0 Å². The van der Waals surface area contributed by atoms with Gasteiger partial charge in [0.2, 0.25) is 0 Å². The van der Waals surface area contributed by atoms with Gasteiger partial charge in [-0.3, -0.25) is 0 Å². The highest BCUT2D eigenvalue weighted by Crippen LogP contribution is 2.34. The van der Waals surface area contributed by atoms with E-state index in [0.29, 0.717) is 6.61 Å². The highest BCUT2D eigenvalue weighted by molar-refractivity contribution is 5.85. The second-order valence-corrected chi connectivity index (χ2v) is 8.17. The molecule has 0 bridgehead atoms. The topological polar surface area (TPSA) is 24.9 Å². The second-order valence-electron chi connectivity index (χ2n) is 8.17. The Kier molecular flexibility index (Phi) is 7.96. The number of anilines is 1. The van der Waals surface area contributed by atoms with Crippen LogP contribution in [0.25, 0.3) is 0 Å². The van der Waals surface area contributed by atoms with Crippen LogP contribution in [-0.2, 0) is 15.9 Å². The molecule has 1 atom stereocenters. The predicted octanol–water partition coefficient (Wildman–Crippen LogP) is 4.04. The van der Waals surface area contributed by atoms with Gasteiger partial charge in [-0.2, -0.15) is 0 Å². The van der Waals surface area contributed by atoms with Crippen LogP contribution >= 0.6 is 12.4 Å². The molecular formula is C24H33ClN2O2. The predicted molar refractivity (Wildman–Crippen MR) is 121 cm³/mol. The minimum absolute atomic E-state index is 0. The fourth-order valence-electron chi connectivity index (χ4n) is 4.59. The third-order valence-corrected chi connectivity index (χ3v) is 6.12. The van der Waals surface area contributed by atoms with E-state index in [2.05, 4.69) is 70.5 Å². The number of rotatable bonds is 6. The lowest BCUT2D eigenvalue weighted by Crippen LogP contribution is -2.60. The van der Waals surface area contributed by atoms with Gasteiger partial charge in [-0.25, -0.2) is 0 Å². The zero-order chi connectivity index (χ0) is 19.2. The Hall–Kier alpha value is -1.59. The van der Waals surface area contributed by atoms with Gasteiger partial charge in [0.25, 0.3) is 0 Å². The van der Waals surface area contributed by atoms with Crippen molar-refractivity contribution >= 4 is 18.1 Å². The minimum Gasteiger partial charge on any atom is -0.382 e. The third-order valence-electron chi connectivity index (χ3n) is 6.12. The van der Waals surface area contributed by atoms with Gasteiger partial charge in [-0.15, -0.1) is 12.4 Å². The third kappa shape index (κ3) is 5.73. The maximum absolute atomic E-state index is 6.62. The van der Waals surface area contributed by atoms with Crippen molar-refractivity contribution in [2.45, 2.75) is 31.0 Å². The highest BCUT2D eigenvalue weighted by Gasteiger charge is 2.43. The first-order valence-electron chi connectivity index (χ1n) is 10.5. The van der Waals surface area contributed by atoms with Gasteiger partial charge >= 0.3 is 0 Å². The number of morpholine rings is 1. The average molecular weight is 417 g/mol. The first kappa shape index (κ1) is 22.1. The Morgan fingerprint density at radius 3 is 2.31 bits per heavy atom. The highest BCUT2D eigenvalue weighted by atomic mass is 35.5. The lowest BCUT2D eigenvalue weighted by molar-refractivity contribution is -0.147. The van der Waals surface area contributed by atoms with Crippen molar-refractivity contribution in [2.24, 2.45) is 0 Å². The van der Waals surface area contributed by atoms with E-state index in [0.717, 1.165) is 52.0 Å². The van der Waals surface area contributed by atoms with Gasteiger partial charge in [-0.1, -0.05) is 48.5 Å². The summed E-state index contributed by atoms with van der Waals surface area (Å²) < 4.78 is 12.1. The standard InChI is InChI=1S/C24H32N2O2.ClH/c1-27-19-23-18-26(22-10-6-3-7-11-22)20-24(28-23)13-16-25(17-14-24)15-12-21-8-4-2-5-9-21;/h2-11,23H,12-20H2,1H3;1H. The number of benzene rings is 2. The number of hydrogen-bond acceptors (Lipinski definition) is 4. The zero-order valence-electron chi connectivity index (χ0n) is 17.3. The van der Waals surface area contributed by atoms with Crippen molar-refractivity contribution in [3.63, 3.8) is 0 Å². The molecule has 0 N–H and O–H groups in total. The number of likely N-dealkylation sites (tertiary alicyclic amines) is 1. The molecule has 2 heterocycles. The van der Waals surface area contributed by atoms with E-state index in [-0.39, 0.29) is 24.1 Å². The summed E-state index contributed by atoms with van der Waals surface area (Å²) in [6.45, 7) is 5.87. The lowest BCUT2D eigenvalue weighted by atomic mass is 9.88. The van der Waals surface area contributed by atoms with Crippen molar-refractivity contribution in [3.05, 3.63) is 66.2 Å². The van der Waals surface area contributed by atoms with Crippen LogP contribution in [0.4, 0.5) is 5.69 Å². The van der Waals surface area contributed by atoms with Gasteiger partial charge in [0.15, 0.2) is 0 Å². The number of nitrogens with zero attached hydrogens (tertiary/aromatic N) is 2. The molecule has 4 nitrogen and oxygen atoms in total. The molecule has 2 aliphatic heterocycles. The summed E-state index contributed by atoms with van der Waals surface area (Å²) in [4.78, 5) is 5.08. The van der Waals surface area contributed by atoms with E-state index >= 15 is 0 Å². The van der Waals surface area contributed by atoms with Gasteiger partial charge in [0.05, 0.1) is 18.3 Å². The molecule has 0 amide bonds. The second kappa shape index (κ2) is 10.4. The minimum atomic E-state index is -0.0550. The number of piperidine rings is 1. The van der Waals surface area contributed by atoms with Crippen LogP contribution in [0, 0.1) is 0 Å². The number of ether oxygens (including phenoxy) is 2. The summed E-state index contributed by atoms with van der Waals surface area (Å²) in [6.07, 6.45) is 3.43. The maximum atomic E-state index is 6.62. The summed E-state index contributed by atoms with van der Waals surface area (Å²) in [5.41, 5.74) is 2.66. The van der Waals surface area contributed by atoms with E-state index in [4.69, 9.17) is 9.47 Å². The van der Waals surface area contributed by atoms with Crippen molar-refractivity contribution in [1.82, 2.24) is 4.90 Å². The molecule has 158 valence electrons. The largest absolute Gasteiger partial charge is 0.382 e.